The zero-order valence-electron chi connectivity index (χ0n) is 8.42. The predicted octanol–water partition coefficient (Wildman–Crippen LogP) is 1.34. The Balaban J connectivity index is 2.83. The van der Waals surface area contributed by atoms with Crippen molar-refractivity contribution in [3.8, 4) is 6.07 Å². The first kappa shape index (κ1) is 11.7. The van der Waals surface area contributed by atoms with Crippen molar-refractivity contribution in [2.24, 2.45) is 0 Å². The first-order valence-electron chi connectivity index (χ1n) is 4.55. The number of nitriles is 1. The molecule has 4 heteroatoms. The summed E-state index contributed by atoms with van der Waals surface area (Å²) in [6, 6.07) is 10.6. The molecular weight excluding hydrogens is 206 g/mol. The number of carbonyl (C=O) groups excluding carboxylic acids is 2. The minimum atomic E-state index is -0.793. The third-order valence-corrected chi connectivity index (χ3v) is 1.73. The maximum absolute atomic E-state index is 11.3. The number of hydrogen-bond donors (Lipinski definition) is 0. The molecule has 80 valence electrons. The Labute approximate surface area is 92.8 Å². The Kier molecular flexibility index (Phi) is 4.48. The Morgan fingerprint density at radius 1 is 1.38 bits per heavy atom. The molecule has 4 nitrogen and oxygen atoms in total. The van der Waals surface area contributed by atoms with Crippen LogP contribution < -0.4 is 0 Å². The highest BCUT2D eigenvalue weighted by molar-refractivity contribution is 5.98. The molecular formula is C12H9NO3. The van der Waals surface area contributed by atoms with Crippen molar-refractivity contribution in [2.75, 3.05) is 6.61 Å². The van der Waals surface area contributed by atoms with Gasteiger partial charge in [-0.3, -0.25) is 4.79 Å². The molecule has 0 saturated carbocycles. The van der Waals surface area contributed by atoms with Crippen LogP contribution in [0.1, 0.15) is 5.56 Å². The quantitative estimate of drug-likeness (QED) is 0.329. The summed E-state index contributed by atoms with van der Waals surface area (Å²) in [5, 5.41) is 8.75. The van der Waals surface area contributed by atoms with E-state index in [4.69, 9.17) is 5.26 Å². The van der Waals surface area contributed by atoms with Crippen LogP contribution in [0.5, 0.6) is 0 Å². The summed E-state index contributed by atoms with van der Waals surface area (Å²) in [7, 11) is 0. The highest BCUT2D eigenvalue weighted by atomic mass is 16.5. The first-order valence-corrected chi connectivity index (χ1v) is 4.55. The molecule has 0 saturated heterocycles. The molecule has 0 fully saturated rings. The predicted molar refractivity (Wildman–Crippen MR) is 57.1 cm³/mol. The second-order valence-corrected chi connectivity index (χ2v) is 2.85. The highest BCUT2D eigenvalue weighted by Crippen LogP contribution is 2.07. The van der Waals surface area contributed by atoms with Gasteiger partial charge in [0.2, 0.25) is 0 Å². The second kappa shape index (κ2) is 6.14. The Morgan fingerprint density at radius 3 is 2.62 bits per heavy atom. The van der Waals surface area contributed by atoms with Crippen molar-refractivity contribution in [3.63, 3.8) is 0 Å². The van der Waals surface area contributed by atoms with Crippen molar-refractivity contribution in [1.29, 1.82) is 5.26 Å². The van der Waals surface area contributed by atoms with Crippen molar-refractivity contribution < 1.29 is 14.3 Å². The Morgan fingerprint density at radius 2 is 2.06 bits per heavy atom. The van der Waals surface area contributed by atoms with Crippen LogP contribution in [0.4, 0.5) is 0 Å². The van der Waals surface area contributed by atoms with Gasteiger partial charge in [0.25, 0.3) is 0 Å². The summed E-state index contributed by atoms with van der Waals surface area (Å²) in [5.41, 5.74) is 0.593. The molecule has 0 aliphatic carbocycles. The lowest BCUT2D eigenvalue weighted by atomic mass is 10.1. The summed E-state index contributed by atoms with van der Waals surface area (Å²) >= 11 is 0. The van der Waals surface area contributed by atoms with Gasteiger partial charge < -0.3 is 4.74 Å². The fourth-order valence-electron chi connectivity index (χ4n) is 1.04. The van der Waals surface area contributed by atoms with Gasteiger partial charge in [0.1, 0.15) is 18.2 Å². The summed E-state index contributed by atoms with van der Waals surface area (Å²) in [6.07, 6.45) is 1.86. The molecule has 0 heterocycles. The molecule has 0 aromatic heterocycles. The van der Waals surface area contributed by atoms with E-state index in [-0.39, 0.29) is 12.2 Å². The van der Waals surface area contributed by atoms with Gasteiger partial charge in [0, 0.05) is 0 Å². The number of hydrogen-bond acceptors (Lipinski definition) is 4. The van der Waals surface area contributed by atoms with E-state index in [0.717, 1.165) is 5.56 Å². The summed E-state index contributed by atoms with van der Waals surface area (Å²) in [4.78, 5) is 21.3. The minimum absolute atomic E-state index is 0.131. The van der Waals surface area contributed by atoms with Crippen LogP contribution in [0, 0.1) is 11.3 Å². The van der Waals surface area contributed by atoms with Gasteiger partial charge in [-0.15, -0.1) is 0 Å². The maximum Gasteiger partial charge on any atom is 0.349 e. The van der Waals surface area contributed by atoms with Gasteiger partial charge in [-0.25, -0.2) is 4.79 Å². The standard InChI is InChI=1S/C12H9NO3/c13-9-11(12(15)16-7-6-14)8-10-4-2-1-3-5-10/h1-6,8H,7H2. The van der Waals surface area contributed by atoms with Crippen LogP contribution in [-0.4, -0.2) is 18.9 Å². The zero-order valence-corrected chi connectivity index (χ0v) is 8.42. The van der Waals surface area contributed by atoms with E-state index in [1.165, 1.54) is 6.08 Å². The second-order valence-electron chi connectivity index (χ2n) is 2.85. The van der Waals surface area contributed by atoms with E-state index in [2.05, 4.69) is 4.74 Å². The van der Waals surface area contributed by atoms with Crippen LogP contribution in [0.3, 0.4) is 0 Å². The lowest BCUT2D eigenvalue weighted by Crippen LogP contribution is -2.08. The van der Waals surface area contributed by atoms with Gasteiger partial charge in [0.15, 0.2) is 6.29 Å². The van der Waals surface area contributed by atoms with E-state index < -0.39 is 5.97 Å². The average Bonchev–Trinajstić information content (AvgIpc) is 2.34. The topological polar surface area (TPSA) is 67.2 Å². The number of esters is 1. The molecule has 0 unspecified atom stereocenters. The minimum Gasteiger partial charge on any atom is -0.454 e. The smallest absolute Gasteiger partial charge is 0.349 e. The van der Waals surface area contributed by atoms with E-state index in [1.807, 2.05) is 6.07 Å². The van der Waals surface area contributed by atoms with Crippen LogP contribution in [0.15, 0.2) is 35.9 Å². The van der Waals surface area contributed by atoms with E-state index in [1.54, 1.807) is 30.3 Å². The van der Waals surface area contributed by atoms with Crippen molar-refractivity contribution in [2.45, 2.75) is 0 Å². The summed E-state index contributed by atoms with van der Waals surface area (Å²) in [5.74, 6) is -0.793. The molecule has 0 atom stereocenters. The van der Waals surface area contributed by atoms with E-state index >= 15 is 0 Å². The largest absolute Gasteiger partial charge is 0.454 e. The van der Waals surface area contributed by atoms with Gasteiger partial charge in [-0.1, -0.05) is 30.3 Å². The molecule has 0 bridgehead atoms. The molecule has 1 rings (SSSR count). The summed E-state index contributed by atoms with van der Waals surface area (Å²) in [6.45, 7) is -0.341. The molecule has 0 spiro atoms. The fourth-order valence-corrected chi connectivity index (χ4v) is 1.04. The number of nitrogens with zero attached hydrogens (tertiary/aromatic N) is 1. The monoisotopic (exact) mass is 215 g/mol. The number of benzene rings is 1. The lowest BCUT2D eigenvalue weighted by molar-refractivity contribution is -0.140. The summed E-state index contributed by atoms with van der Waals surface area (Å²) < 4.78 is 4.52. The number of rotatable bonds is 4. The van der Waals surface area contributed by atoms with Gasteiger partial charge in [0.05, 0.1) is 0 Å². The molecule has 1 aromatic rings. The molecule has 16 heavy (non-hydrogen) atoms. The molecule has 1 aromatic carbocycles. The number of aldehydes is 1. The third-order valence-electron chi connectivity index (χ3n) is 1.73. The maximum atomic E-state index is 11.3. The van der Waals surface area contributed by atoms with Crippen LogP contribution >= 0.6 is 0 Å². The van der Waals surface area contributed by atoms with Crippen LogP contribution in [0.25, 0.3) is 6.08 Å². The third kappa shape index (κ3) is 3.39. The normalized spacial score (nSPS) is 10.3. The van der Waals surface area contributed by atoms with E-state index in [0.29, 0.717) is 6.29 Å². The van der Waals surface area contributed by atoms with Crippen molar-refractivity contribution in [3.05, 3.63) is 41.5 Å². The number of ether oxygens (including phenoxy) is 1. The van der Waals surface area contributed by atoms with Crippen LogP contribution in [-0.2, 0) is 14.3 Å². The van der Waals surface area contributed by atoms with Gasteiger partial charge in [-0.2, -0.15) is 5.26 Å². The molecule has 0 radical (unpaired) electrons. The van der Waals surface area contributed by atoms with Crippen molar-refractivity contribution in [1.82, 2.24) is 0 Å². The van der Waals surface area contributed by atoms with Gasteiger partial charge >= 0.3 is 5.97 Å². The molecule has 0 aliphatic rings. The zero-order chi connectivity index (χ0) is 11.8. The fraction of sp³-hybridized carbons (Fsp3) is 0.0833. The Hall–Kier alpha value is -2.41. The first-order chi connectivity index (χ1) is 7.77. The molecule has 0 N–H and O–H groups in total. The molecule has 0 amide bonds. The molecule has 0 aliphatic heterocycles. The lowest BCUT2D eigenvalue weighted by Gasteiger charge is -1.98. The SMILES string of the molecule is N#CC(=Cc1ccccc1)C(=O)OCC=O. The van der Waals surface area contributed by atoms with Gasteiger partial charge in [-0.05, 0) is 11.6 Å². The average molecular weight is 215 g/mol. The van der Waals surface area contributed by atoms with Crippen molar-refractivity contribution >= 4 is 18.3 Å². The number of carbonyl (C=O) groups is 2. The Bertz CT molecular complexity index is 443. The van der Waals surface area contributed by atoms with Crippen LogP contribution in [0.2, 0.25) is 0 Å². The highest BCUT2D eigenvalue weighted by Gasteiger charge is 2.09. The van der Waals surface area contributed by atoms with E-state index in [9.17, 15) is 9.59 Å².